The van der Waals surface area contributed by atoms with Gasteiger partial charge < -0.3 is 15.1 Å². The zero-order valence-corrected chi connectivity index (χ0v) is 16.1. The summed E-state index contributed by atoms with van der Waals surface area (Å²) in [6, 6.07) is 6.85. The zero-order chi connectivity index (χ0) is 18.2. The summed E-state index contributed by atoms with van der Waals surface area (Å²) in [6.45, 7) is 20.2. The van der Waals surface area contributed by atoms with Crippen molar-refractivity contribution in [3.8, 4) is 0 Å². The standard InChI is InChI=1S/C17H26N2.C2H6.CH2O/c1-11(2)15-9-16-13(7-12(15)3)8-14(19-16)10-18-17(4,5)6;2*1-2/h7-9,11,18-19H,10H2,1-6H3;1-2H3;1H2. The first kappa shape index (κ1) is 21.4. The molecule has 1 aromatic carbocycles. The number of hydrogen-bond donors (Lipinski definition) is 2. The van der Waals surface area contributed by atoms with Crippen LogP contribution in [0.4, 0.5) is 0 Å². The molecule has 130 valence electrons. The largest absolute Gasteiger partial charge is 0.357 e. The summed E-state index contributed by atoms with van der Waals surface area (Å²) >= 11 is 0. The van der Waals surface area contributed by atoms with E-state index < -0.39 is 0 Å². The predicted octanol–water partition coefficient (Wildman–Crippen LogP) is 5.33. The van der Waals surface area contributed by atoms with Gasteiger partial charge in [-0.05, 0) is 68.3 Å². The molecule has 1 aromatic heterocycles. The first-order valence-corrected chi connectivity index (χ1v) is 8.42. The van der Waals surface area contributed by atoms with Crippen molar-refractivity contribution in [2.75, 3.05) is 0 Å². The molecule has 0 spiro atoms. The van der Waals surface area contributed by atoms with Gasteiger partial charge in [-0.2, -0.15) is 0 Å². The van der Waals surface area contributed by atoms with Crippen LogP contribution < -0.4 is 5.32 Å². The normalized spacial score (nSPS) is 10.8. The summed E-state index contributed by atoms with van der Waals surface area (Å²) < 4.78 is 0. The van der Waals surface area contributed by atoms with Gasteiger partial charge in [0.15, 0.2) is 0 Å². The smallest absolute Gasteiger partial charge is 0.106 e. The number of nitrogens with one attached hydrogen (secondary N) is 2. The number of aromatic amines is 1. The van der Waals surface area contributed by atoms with E-state index in [1.54, 1.807) is 0 Å². The summed E-state index contributed by atoms with van der Waals surface area (Å²) in [5, 5.41) is 4.83. The van der Waals surface area contributed by atoms with Gasteiger partial charge in [0.2, 0.25) is 0 Å². The fraction of sp³-hybridized carbons (Fsp3) is 0.550. The highest BCUT2D eigenvalue weighted by Gasteiger charge is 2.11. The number of hydrogen-bond acceptors (Lipinski definition) is 2. The lowest BCUT2D eigenvalue weighted by Crippen LogP contribution is -2.35. The van der Waals surface area contributed by atoms with E-state index in [2.05, 4.69) is 70.0 Å². The highest BCUT2D eigenvalue weighted by atomic mass is 16.1. The SMILES string of the molecule is C=O.CC.Cc1cc2cc(CNC(C)(C)C)[nH]c2cc1C(C)C. The number of carbonyl (C=O) groups is 1. The molecule has 1 heterocycles. The molecule has 0 unspecified atom stereocenters. The monoisotopic (exact) mass is 318 g/mol. The Hall–Kier alpha value is -1.61. The quantitative estimate of drug-likeness (QED) is 0.803. The Morgan fingerprint density at radius 3 is 2.17 bits per heavy atom. The molecule has 0 radical (unpaired) electrons. The molecular weight excluding hydrogens is 284 g/mol. The first-order chi connectivity index (χ1) is 10.8. The van der Waals surface area contributed by atoms with Crippen molar-refractivity contribution < 1.29 is 4.79 Å². The average Bonchev–Trinajstić information content (AvgIpc) is 2.89. The maximum Gasteiger partial charge on any atom is 0.106 e. The van der Waals surface area contributed by atoms with Gasteiger partial charge in [-0.15, -0.1) is 0 Å². The molecule has 0 amide bonds. The van der Waals surface area contributed by atoms with Crippen LogP contribution in [0.25, 0.3) is 10.9 Å². The second-order valence-electron chi connectivity index (χ2n) is 6.85. The second-order valence-corrected chi connectivity index (χ2v) is 6.85. The Morgan fingerprint density at radius 2 is 1.70 bits per heavy atom. The van der Waals surface area contributed by atoms with Gasteiger partial charge in [-0.3, -0.25) is 0 Å². The Labute approximate surface area is 141 Å². The highest BCUT2D eigenvalue weighted by molar-refractivity contribution is 5.82. The number of aryl methyl sites for hydroxylation is 1. The minimum absolute atomic E-state index is 0.149. The minimum Gasteiger partial charge on any atom is -0.357 e. The van der Waals surface area contributed by atoms with Crippen LogP contribution in [0.1, 0.15) is 71.2 Å². The third kappa shape index (κ3) is 6.57. The Bertz CT molecular complexity index is 591. The molecule has 0 atom stereocenters. The topological polar surface area (TPSA) is 44.9 Å². The molecule has 3 nitrogen and oxygen atoms in total. The van der Waals surface area contributed by atoms with Gasteiger partial charge in [0.25, 0.3) is 0 Å². The van der Waals surface area contributed by atoms with Crippen molar-refractivity contribution >= 4 is 17.7 Å². The predicted molar refractivity (Wildman–Crippen MR) is 102 cm³/mol. The second kappa shape index (κ2) is 9.51. The van der Waals surface area contributed by atoms with Gasteiger partial charge in [0.05, 0.1) is 0 Å². The maximum atomic E-state index is 8.00. The lowest BCUT2D eigenvalue weighted by Gasteiger charge is -2.19. The number of aromatic nitrogens is 1. The van der Waals surface area contributed by atoms with E-state index in [0.29, 0.717) is 5.92 Å². The first-order valence-electron chi connectivity index (χ1n) is 8.42. The Balaban J connectivity index is 0.00000112. The highest BCUT2D eigenvalue weighted by Crippen LogP contribution is 2.25. The van der Waals surface area contributed by atoms with Crippen molar-refractivity contribution in [1.82, 2.24) is 10.3 Å². The third-order valence-electron chi connectivity index (χ3n) is 3.49. The van der Waals surface area contributed by atoms with E-state index in [0.717, 1.165) is 6.54 Å². The molecule has 0 aliphatic rings. The van der Waals surface area contributed by atoms with Crippen LogP contribution in [0.2, 0.25) is 0 Å². The molecule has 2 N–H and O–H groups in total. The van der Waals surface area contributed by atoms with Gasteiger partial charge in [0.1, 0.15) is 6.79 Å². The van der Waals surface area contributed by atoms with Crippen molar-refractivity contribution in [2.24, 2.45) is 0 Å². The number of H-pyrrole nitrogens is 1. The van der Waals surface area contributed by atoms with E-state index in [4.69, 9.17) is 4.79 Å². The van der Waals surface area contributed by atoms with Crippen molar-refractivity contribution in [2.45, 2.75) is 73.4 Å². The van der Waals surface area contributed by atoms with Gasteiger partial charge in [0, 0.05) is 23.3 Å². The minimum atomic E-state index is 0.149. The Kier molecular flexibility index (Phi) is 8.85. The molecule has 0 aliphatic heterocycles. The molecule has 0 saturated heterocycles. The molecule has 0 fully saturated rings. The van der Waals surface area contributed by atoms with Crippen LogP contribution in [-0.2, 0) is 11.3 Å². The lowest BCUT2D eigenvalue weighted by atomic mass is 9.97. The fourth-order valence-corrected chi connectivity index (χ4v) is 2.45. The molecule has 0 aliphatic carbocycles. The van der Waals surface area contributed by atoms with Crippen LogP contribution in [0.15, 0.2) is 18.2 Å². The molecule has 0 saturated carbocycles. The summed E-state index contributed by atoms with van der Waals surface area (Å²) in [5.74, 6) is 0.573. The molecule has 23 heavy (non-hydrogen) atoms. The zero-order valence-electron chi connectivity index (χ0n) is 16.1. The van der Waals surface area contributed by atoms with Crippen molar-refractivity contribution in [3.63, 3.8) is 0 Å². The van der Waals surface area contributed by atoms with Crippen molar-refractivity contribution in [1.29, 1.82) is 0 Å². The molecular formula is C20H34N2O. The van der Waals surface area contributed by atoms with Gasteiger partial charge >= 0.3 is 0 Å². The maximum absolute atomic E-state index is 8.00. The summed E-state index contributed by atoms with van der Waals surface area (Å²) in [6.07, 6.45) is 0. The van der Waals surface area contributed by atoms with Crippen LogP contribution in [0.3, 0.4) is 0 Å². The molecule has 2 rings (SSSR count). The summed E-state index contributed by atoms with van der Waals surface area (Å²) in [7, 11) is 0. The van der Waals surface area contributed by atoms with E-state index in [-0.39, 0.29) is 5.54 Å². The average molecular weight is 319 g/mol. The summed E-state index contributed by atoms with van der Waals surface area (Å²) in [5.41, 5.74) is 5.47. The van der Waals surface area contributed by atoms with Crippen LogP contribution in [0.5, 0.6) is 0 Å². The van der Waals surface area contributed by atoms with Crippen molar-refractivity contribution in [3.05, 3.63) is 35.0 Å². The van der Waals surface area contributed by atoms with Gasteiger partial charge in [-0.1, -0.05) is 27.7 Å². The number of rotatable bonds is 3. The van der Waals surface area contributed by atoms with E-state index in [1.165, 1.54) is 27.7 Å². The third-order valence-corrected chi connectivity index (χ3v) is 3.49. The van der Waals surface area contributed by atoms with Crippen LogP contribution in [0, 0.1) is 6.92 Å². The fourth-order valence-electron chi connectivity index (χ4n) is 2.45. The summed E-state index contributed by atoms with van der Waals surface area (Å²) in [4.78, 5) is 11.5. The van der Waals surface area contributed by atoms with Gasteiger partial charge in [-0.25, -0.2) is 0 Å². The molecule has 2 aromatic rings. The molecule has 0 bridgehead atoms. The molecule has 3 heteroatoms. The van der Waals surface area contributed by atoms with Crippen LogP contribution in [-0.4, -0.2) is 17.3 Å². The number of benzene rings is 1. The number of fused-ring (bicyclic) bond motifs is 1. The Morgan fingerprint density at radius 1 is 1.13 bits per heavy atom. The van der Waals surface area contributed by atoms with E-state index in [1.807, 2.05) is 20.6 Å². The number of carbonyl (C=O) groups excluding carboxylic acids is 1. The van der Waals surface area contributed by atoms with E-state index in [9.17, 15) is 0 Å². The van der Waals surface area contributed by atoms with Crippen LogP contribution >= 0.6 is 0 Å². The lowest BCUT2D eigenvalue weighted by molar-refractivity contribution is -0.0979. The van der Waals surface area contributed by atoms with E-state index >= 15 is 0 Å².